The lowest BCUT2D eigenvalue weighted by Gasteiger charge is -2.37. The summed E-state index contributed by atoms with van der Waals surface area (Å²) in [6.45, 7) is 0. The molecule has 4 nitrogen and oxygen atoms in total. The van der Waals surface area contributed by atoms with Crippen LogP contribution in [0.15, 0.2) is 152 Å². The molecule has 4 aromatic carbocycles. The van der Waals surface area contributed by atoms with Gasteiger partial charge in [0.2, 0.25) is 0 Å². The zero-order chi connectivity index (χ0) is 28.4. The standard InChI is InChI=1S/C38H29N3O/c42-37-29(22-23-35-34(37)21-12-24-39-35)25-28-13-10-11-20-33(28)36-26-41(27-40-36)38(30-14-4-1-5-15-30,31-16-6-2-7-17-31)32-18-8-3-9-19-32/h1-21,24-27H,22-23H2/b29-25+. The summed E-state index contributed by atoms with van der Waals surface area (Å²) in [7, 11) is 0. The number of hydrogen-bond donors (Lipinski definition) is 0. The minimum atomic E-state index is -0.640. The van der Waals surface area contributed by atoms with Crippen LogP contribution in [-0.4, -0.2) is 20.3 Å². The summed E-state index contributed by atoms with van der Waals surface area (Å²) < 4.78 is 2.22. The highest BCUT2D eigenvalue weighted by Crippen LogP contribution is 2.41. The van der Waals surface area contributed by atoms with Crippen LogP contribution in [0.3, 0.4) is 0 Å². The molecule has 4 heteroatoms. The van der Waals surface area contributed by atoms with E-state index in [1.165, 1.54) is 0 Å². The predicted octanol–water partition coefficient (Wildman–Crippen LogP) is 8.00. The van der Waals surface area contributed by atoms with Crippen LogP contribution in [0, 0.1) is 0 Å². The lowest BCUT2D eigenvalue weighted by molar-refractivity contribution is 0.102. The average molecular weight is 544 g/mol. The first-order chi connectivity index (χ1) is 20.7. The van der Waals surface area contributed by atoms with Crippen LogP contribution in [0.25, 0.3) is 17.3 Å². The van der Waals surface area contributed by atoms with E-state index >= 15 is 0 Å². The molecule has 1 aliphatic rings. The van der Waals surface area contributed by atoms with Gasteiger partial charge < -0.3 is 4.57 Å². The van der Waals surface area contributed by atoms with Crippen molar-refractivity contribution in [2.75, 3.05) is 0 Å². The van der Waals surface area contributed by atoms with Crippen LogP contribution in [-0.2, 0) is 12.0 Å². The average Bonchev–Trinajstić information content (AvgIpc) is 3.55. The van der Waals surface area contributed by atoms with Crippen molar-refractivity contribution < 1.29 is 4.79 Å². The maximum atomic E-state index is 13.3. The van der Waals surface area contributed by atoms with Gasteiger partial charge in [-0.25, -0.2) is 4.98 Å². The zero-order valence-corrected chi connectivity index (χ0v) is 23.1. The lowest BCUT2D eigenvalue weighted by atomic mass is 9.77. The van der Waals surface area contributed by atoms with E-state index in [1.54, 1.807) is 6.20 Å². The van der Waals surface area contributed by atoms with E-state index in [1.807, 2.05) is 54.9 Å². The first kappa shape index (κ1) is 25.6. The van der Waals surface area contributed by atoms with Crippen LogP contribution in [0.2, 0.25) is 0 Å². The van der Waals surface area contributed by atoms with Crippen LogP contribution in [0.4, 0.5) is 0 Å². The number of ketones is 1. The number of benzene rings is 4. The Bertz CT molecular complexity index is 1790. The first-order valence-corrected chi connectivity index (χ1v) is 14.2. The highest BCUT2D eigenvalue weighted by molar-refractivity contribution is 6.13. The Morgan fingerprint density at radius 2 is 1.19 bits per heavy atom. The number of allylic oxidation sites excluding steroid dienone is 1. The van der Waals surface area contributed by atoms with Gasteiger partial charge >= 0.3 is 0 Å². The molecule has 6 aromatic rings. The molecule has 0 amide bonds. The number of rotatable bonds is 6. The molecule has 0 unspecified atom stereocenters. The molecule has 202 valence electrons. The highest BCUT2D eigenvalue weighted by atomic mass is 16.1. The SMILES string of the molecule is O=C1/C(=C/c2ccccc2-c2cn(C(c3ccccc3)(c3ccccc3)c3ccccc3)cn2)CCc2ncccc21. The quantitative estimate of drug-likeness (QED) is 0.158. The van der Waals surface area contributed by atoms with Gasteiger partial charge in [-0.15, -0.1) is 0 Å². The van der Waals surface area contributed by atoms with Gasteiger partial charge in [0.1, 0.15) is 5.54 Å². The number of Topliss-reactive ketones (excluding diaryl/α,β-unsaturated/α-hetero) is 1. The van der Waals surface area contributed by atoms with Gasteiger partial charge in [-0.1, -0.05) is 115 Å². The predicted molar refractivity (Wildman–Crippen MR) is 167 cm³/mol. The van der Waals surface area contributed by atoms with Gasteiger partial charge in [-0.05, 0) is 53.3 Å². The summed E-state index contributed by atoms with van der Waals surface area (Å²) in [6, 6.07) is 43.6. The Morgan fingerprint density at radius 3 is 1.83 bits per heavy atom. The van der Waals surface area contributed by atoms with Gasteiger partial charge in [-0.3, -0.25) is 9.78 Å². The molecular weight excluding hydrogens is 514 g/mol. The Labute approximate surface area is 245 Å². The van der Waals surface area contributed by atoms with E-state index in [2.05, 4.69) is 101 Å². The van der Waals surface area contributed by atoms with Gasteiger partial charge in [0, 0.05) is 29.1 Å². The fourth-order valence-corrected chi connectivity index (χ4v) is 6.20. The van der Waals surface area contributed by atoms with Crippen molar-refractivity contribution in [1.29, 1.82) is 0 Å². The number of nitrogens with zero attached hydrogens (tertiary/aromatic N) is 3. The van der Waals surface area contributed by atoms with Crippen LogP contribution in [0.5, 0.6) is 0 Å². The smallest absolute Gasteiger partial charge is 0.190 e. The third kappa shape index (κ3) is 4.38. The molecule has 42 heavy (non-hydrogen) atoms. The molecule has 0 bridgehead atoms. The number of imidazole rings is 1. The van der Waals surface area contributed by atoms with Gasteiger partial charge in [-0.2, -0.15) is 0 Å². The summed E-state index contributed by atoms with van der Waals surface area (Å²) in [5, 5.41) is 0. The van der Waals surface area contributed by atoms with Gasteiger partial charge in [0.15, 0.2) is 5.78 Å². The van der Waals surface area contributed by atoms with Crippen molar-refractivity contribution in [1.82, 2.24) is 14.5 Å². The fourth-order valence-electron chi connectivity index (χ4n) is 6.20. The van der Waals surface area contributed by atoms with E-state index in [4.69, 9.17) is 4.98 Å². The number of fused-ring (bicyclic) bond motifs is 1. The Hall–Kier alpha value is -5.35. The molecule has 7 rings (SSSR count). The molecule has 0 aliphatic heterocycles. The number of carbonyl (C=O) groups excluding carboxylic acids is 1. The second kappa shape index (κ2) is 10.9. The second-order valence-electron chi connectivity index (χ2n) is 10.6. The number of aryl methyl sites for hydroxylation is 1. The molecule has 0 spiro atoms. The normalized spacial score (nSPS) is 14.1. The number of carbonyl (C=O) groups is 1. The van der Waals surface area contributed by atoms with E-state index < -0.39 is 5.54 Å². The number of pyridine rings is 1. The maximum Gasteiger partial charge on any atom is 0.190 e. The van der Waals surface area contributed by atoms with Crippen molar-refractivity contribution in [2.24, 2.45) is 0 Å². The highest BCUT2D eigenvalue weighted by Gasteiger charge is 2.38. The summed E-state index contributed by atoms with van der Waals surface area (Å²) in [5.41, 5.74) is 7.97. The first-order valence-electron chi connectivity index (χ1n) is 14.2. The second-order valence-corrected chi connectivity index (χ2v) is 10.6. The van der Waals surface area contributed by atoms with Crippen molar-refractivity contribution in [3.8, 4) is 11.3 Å². The Morgan fingerprint density at radius 1 is 0.619 bits per heavy atom. The van der Waals surface area contributed by atoms with E-state index in [0.717, 1.165) is 51.2 Å². The molecule has 0 N–H and O–H groups in total. The molecular formula is C38H29N3O. The minimum Gasteiger partial charge on any atom is -0.318 e. The summed E-state index contributed by atoms with van der Waals surface area (Å²) >= 11 is 0. The molecule has 0 fully saturated rings. The third-order valence-corrected chi connectivity index (χ3v) is 8.17. The van der Waals surface area contributed by atoms with Gasteiger partial charge in [0.25, 0.3) is 0 Å². The summed E-state index contributed by atoms with van der Waals surface area (Å²) in [5.74, 6) is 0.0564. The topological polar surface area (TPSA) is 47.8 Å². The molecule has 0 atom stereocenters. The fraction of sp³-hybridized carbons (Fsp3) is 0.0789. The lowest BCUT2D eigenvalue weighted by Crippen LogP contribution is -2.36. The largest absolute Gasteiger partial charge is 0.318 e. The third-order valence-electron chi connectivity index (χ3n) is 8.17. The van der Waals surface area contributed by atoms with Crippen LogP contribution < -0.4 is 0 Å². The molecule has 2 aromatic heterocycles. The van der Waals surface area contributed by atoms with Crippen molar-refractivity contribution in [3.05, 3.63) is 185 Å². The van der Waals surface area contributed by atoms with Crippen molar-refractivity contribution >= 4 is 11.9 Å². The minimum absolute atomic E-state index is 0.0564. The molecule has 0 saturated heterocycles. The van der Waals surface area contributed by atoms with Crippen molar-refractivity contribution in [2.45, 2.75) is 18.4 Å². The summed E-state index contributed by atoms with van der Waals surface area (Å²) in [6.07, 6.45) is 9.29. The Kier molecular flexibility index (Phi) is 6.65. The monoisotopic (exact) mass is 543 g/mol. The van der Waals surface area contributed by atoms with E-state index in [-0.39, 0.29) is 5.78 Å². The van der Waals surface area contributed by atoms with E-state index in [9.17, 15) is 4.79 Å². The molecule has 0 radical (unpaired) electrons. The summed E-state index contributed by atoms with van der Waals surface area (Å²) in [4.78, 5) is 22.7. The van der Waals surface area contributed by atoms with E-state index in [0.29, 0.717) is 12.0 Å². The van der Waals surface area contributed by atoms with Crippen molar-refractivity contribution in [3.63, 3.8) is 0 Å². The van der Waals surface area contributed by atoms with Crippen LogP contribution >= 0.6 is 0 Å². The Balaban J connectivity index is 1.38. The van der Waals surface area contributed by atoms with Crippen LogP contribution in [0.1, 0.15) is 44.7 Å². The number of aromatic nitrogens is 3. The zero-order valence-electron chi connectivity index (χ0n) is 23.1. The van der Waals surface area contributed by atoms with Gasteiger partial charge in [0.05, 0.1) is 17.7 Å². The maximum absolute atomic E-state index is 13.3. The number of hydrogen-bond acceptors (Lipinski definition) is 3. The molecule has 2 heterocycles. The molecule has 0 saturated carbocycles. The molecule has 1 aliphatic carbocycles.